The highest BCUT2D eigenvalue weighted by Gasteiger charge is 2.21. The maximum atomic E-state index is 9.39. The molecule has 0 aliphatic carbocycles. The Kier molecular flexibility index (Phi) is 5.54. The van der Waals surface area contributed by atoms with Crippen LogP contribution >= 0.6 is 0 Å². The van der Waals surface area contributed by atoms with E-state index in [0.29, 0.717) is 0 Å². The van der Waals surface area contributed by atoms with Crippen LogP contribution < -0.4 is 9.80 Å². The van der Waals surface area contributed by atoms with Gasteiger partial charge in [-0.1, -0.05) is 6.92 Å². The van der Waals surface area contributed by atoms with Crippen LogP contribution in [0.3, 0.4) is 0 Å². The average Bonchev–Trinajstić information content (AvgIpc) is 3.21. The molecule has 0 atom stereocenters. The summed E-state index contributed by atoms with van der Waals surface area (Å²) in [5, 5.41) is 37.3. The van der Waals surface area contributed by atoms with Gasteiger partial charge in [-0.05, 0) is 49.4 Å². The van der Waals surface area contributed by atoms with Gasteiger partial charge < -0.3 is 30.2 Å². The van der Waals surface area contributed by atoms with Crippen LogP contribution in [0.1, 0.15) is 31.4 Å². The number of phenols is 4. The van der Waals surface area contributed by atoms with Crippen molar-refractivity contribution >= 4 is 11.4 Å². The molecular weight excluding hydrogens is 344 g/mol. The molecule has 4 N–H and O–H groups in total. The molecule has 0 aromatic heterocycles. The Morgan fingerprint density at radius 3 is 1.63 bits per heavy atom. The highest BCUT2D eigenvalue weighted by molar-refractivity contribution is 5.65. The molecule has 0 spiro atoms. The fraction of sp³-hybridized carbons (Fsp3) is 0.429. The summed E-state index contributed by atoms with van der Waals surface area (Å²) in [4.78, 5) is 4.43. The topological polar surface area (TPSA) is 87.4 Å². The zero-order valence-electron chi connectivity index (χ0n) is 15.9. The molecule has 2 aromatic rings. The van der Waals surface area contributed by atoms with Gasteiger partial charge in [0.05, 0.1) is 0 Å². The lowest BCUT2D eigenvalue weighted by Gasteiger charge is -2.18. The molecule has 0 radical (unpaired) electrons. The lowest BCUT2D eigenvalue weighted by Crippen LogP contribution is -2.20. The van der Waals surface area contributed by atoms with E-state index in [4.69, 9.17) is 0 Å². The number of aromatic hydroxyl groups is 4. The Hall–Kier alpha value is -2.76. The summed E-state index contributed by atoms with van der Waals surface area (Å²) in [6, 6.07) is 6.62. The van der Waals surface area contributed by atoms with E-state index < -0.39 is 0 Å². The summed E-state index contributed by atoms with van der Waals surface area (Å²) in [5.41, 5.74) is 4.38. The summed E-state index contributed by atoms with van der Waals surface area (Å²) in [5.74, 6) is -0.0790. The van der Waals surface area contributed by atoms with Gasteiger partial charge in [-0.25, -0.2) is 0 Å². The predicted molar refractivity (Wildman–Crippen MR) is 107 cm³/mol. The number of rotatable bonds is 3. The van der Waals surface area contributed by atoms with Crippen molar-refractivity contribution in [1.82, 2.24) is 0 Å². The summed E-state index contributed by atoms with van der Waals surface area (Å²) in [6.07, 6.45) is 3.02. The van der Waals surface area contributed by atoms with Gasteiger partial charge in [0, 0.05) is 49.7 Å². The van der Waals surface area contributed by atoms with Crippen molar-refractivity contribution in [3.05, 3.63) is 35.4 Å². The van der Waals surface area contributed by atoms with Crippen LogP contribution in [0.4, 0.5) is 11.4 Å². The van der Waals surface area contributed by atoms with E-state index >= 15 is 0 Å². The van der Waals surface area contributed by atoms with Crippen LogP contribution in [0.15, 0.2) is 24.3 Å². The fourth-order valence-corrected chi connectivity index (χ4v) is 3.79. The van der Waals surface area contributed by atoms with Crippen molar-refractivity contribution in [3.63, 3.8) is 0 Å². The van der Waals surface area contributed by atoms with Crippen LogP contribution in [0, 0.1) is 0 Å². The maximum Gasteiger partial charge on any atom is 0.159 e. The van der Waals surface area contributed by atoms with E-state index in [-0.39, 0.29) is 23.0 Å². The zero-order valence-corrected chi connectivity index (χ0v) is 15.9. The van der Waals surface area contributed by atoms with E-state index in [1.54, 1.807) is 24.3 Å². The first-order valence-electron chi connectivity index (χ1n) is 9.54. The molecule has 146 valence electrons. The number of fused-ring (bicyclic) bond motifs is 2. The number of likely N-dealkylation sites (N-methyl/N-ethyl adjacent to an activating group) is 1. The molecular formula is C21H28N2O4. The molecule has 4 rings (SSSR count). The molecule has 27 heavy (non-hydrogen) atoms. The normalized spacial score (nSPS) is 14.6. The lowest BCUT2D eigenvalue weighted by atomic mass is 10.1. The smallest absolute Gasteiger partial charge is 0.159 e. The van der Waals surface area contributed by atoms with Crippen molar-refractivity contribution in [1.29, 1.82) is 0 Å². The summed E-state index contributed by atoms with van der Waals surface area (Å²) >= 11 is 0. The maximum absolute atomic E-state index is 9.39. The van der Waals surface area contributed by atoms with Gasteiger partial charge in [0.25, 0.3) is 0 Å². The van der Waals surface area contributed by atoms with Gasteiger partial charge in [-0.2, -0.15) is 0 Å². The van der Waals surface area contributed by atoms with E-state index in [9.17, 15) is 20.4 Å². The third-order valence-electron chi connectivity index (χ3n) is 5.21. The average molecular weight is 372 g/mol. The molecule has 2 aliphatic rings. The van der Waals surface area contributed by atoms with Gasteiger partial charge >= 0.3 is 0 Å². The molecule has 0 fully saturated rings. The van der Waals surface area contributed by atoms with Crippen molar-refractivity contribution in [2.45, 2.75) is 33.1 Å². The second-order valence-corrected chi connectivity index (χ2v) is 7.01. The standard InChI is InChI=1S/C11H15NO2.C10H13NO2/c1-2-4-12-5-3-8-6-10(13)11(14)7-9(8)12;1-2-11-4-3-7-5-9(12)10(13)6-8(7)11/h6-7,13-14H,2-5H2,1H3;5-6,12-13H,2-4H2,1H3. The van der Waals surface area contributed by atoms with Gasteiger partial charge in [0.15, 0.2) is 23.0 Å². The molecule has 0 saturated carbocycles. The predicted octanol–water partition coefficient (Wildman–Crippen LogP) is 3.35. The Bertz CT molecular complexity index is 822. The quantitative estimate of drug-likeness (QED) is 0.618. The van der Waals surface area contributed by atoms with Crippen molar-refractivity contribution in [2.75, 3.05) is 36.0 Å². The molecule has 2 aromatic carbocycles. The van der Waals surface area contributed by atoms with Gasteiger partial charge in [0.1, 0.15) is 0 Å². The second-order valence-electron chi connectivity index (χ2n) is 7.01. The van der Waals surface area contributed by atoms with Crippen molar-refractivity contribution < 1.29 is 20.4 Å². The molecule has 2 aliphatic heterocycles. The minimum Gasteiger partial charge on any atom is -0.504 e. The number of nitrogens with zero attached hydrogens (tertiary/aromatic N) is 2. The largest absolute Gasteiger partial charge is 0.504 e. The monoisotopic (exact) mass is 372 g/mol. The van der Waals surface area contributed by atoms with Gasteiger partial charge in [-0.3, -0.25) is 0 Å². The number of phenolic OH excluding ortho intramolecular Hbond substituents is 4. The molecule has 0 saturated heterocycles. The first-order chi connectivity index (χ1) is 12.9. The number of hydrogen-bond acceptors (Lipinski definition) is 6. The number of anilines is 2. The number of hydrogen-bond donors (Lipinski definition) is 4. The van der Waals surface area contributed by atoms with Crippen LogP contribution in [-0.2, 0) is 12.8 Å². The molecule has 6 nitrogen and oxygen atoms in total. The number of benzene rings is 2. The van der Waals surface area contributed by atoms with Gasteiger partial charge in [0.2, 0.25) is 0 Å². The molecule has 6 heteroatoms. The SMILES string of the molecule is CCCN1CCc2cc(O)c(O)cc21.CCN1CCc2cc(O)c(O)cc21. The summed E-state index contributed by atoms with van der Waals surface area (Å²) in [6.45, 7) is 8.15. The third-order valence-corrected chi connectivity index (χ3v) is 5.21. The third kappa shape index (κ3) is 3.84. The summed E-state index contributed by atoms with van der Waals surface area (Å²) in [7, 11) is 0. The van der Waals surface area contributed by atoms with E-state index in [1.165, 1.54) is 0 Å². The first kappa shape index (κ1) is 19.0. The minimum atomic E-state index is -0.0286. The van der Waals surface area contributed by atoms with Crippen LogP contribution in [0.25, 0.3) is 0 Å². The lowest BCUT2D eigenvalue weighted by molar-refractivity contribution is 0.403. The van der Waals surface area contributed by atoms with Crippen molar-refractivity contribution in [3.8, 4) is 23.0 Å². The van der Waals surface area contributed by atoms with E-state index in [0.717, 1.165) is 67.9 Å². The zero-order chi connectivity index (χ0) is 19.6. The van der Waals surface area contributed by atoms with Crippen LogP contribution in [0.5, 0.6) is 23.0 Å². The summed E-state index contributed by atoms with van der Waals surface area (Å²) < 4.78 is 0. The second kappa shape index (κ2) is 7.86. The first-order valence-corrected chi connectivity index (χ1v) is 9.54. The van der Waals surface area contributed by atoms with E-state index in [1.807, 2.05) is 0 Å². The fourth-order valence-electron chi connectivity index (χ4n) is 3.79. The Morgan fingerprint density at radius 1 is 0.704 bits per heavy atom. The van der Waals surface area contributed by atoms with Crippen LogP contribution in [-0.4, -0.2) is 46.6 Å². The molecule has 2 heterocycles. The molecule has 0 unspecified atom stereocenters. The Labute approximate surface area is 159 Å². The Balaban J connectivity index is 0.000000156. The van der Waals surface area contributed by atoms with E-state index in [2.05, 4.69) is 23.6 Å². The molecule has 0 amide bonds. The molecule has 0 bridgehead atoms. The minimum absolute atomic E-state index is 0.0119. The Morgan fingerprint density at radius 2 is 1.15 bits per heavy atom. The van der Waals surface area contributed by atoms with Crippen LogP contribution in [0.2, 0.25) is 0 Å². The highest BCUT2D eigenvalue weighted by atomic mass is 16.3. The van der Waals surface area contributed by atoms with Gasteiger partial charge in [-0.15, -0.1) is 0 Å². The van der Waals surface area contributed by atoms with Crippen molar-refractivity contribution in [2.24, 2.45) is 0 Å². The highest BCUT2D eigenvalue weighted by Crippen LogP contribution is 2.38.